The summed E-state index contributed by atoms with van der Waals surface area (Å²) < 4.78 is 44.0. The number of aliphatic hydroxyl groups excluding tert-OH is 1. The Labute approximate surface area is 107 Å². The van der Waals surface area contributed by atoms with E-state index in [-0.39, 0.29) is 24.2 Å². The molecule has 1 aliphatic carbocycles. The summed E-state index contributed by atoms with van der Waals surface area (Å²) in [5.41, 5.74) is -0.188. The molecule has 1 aliphatic heterocycles. The predicted molar refractivity (Wildman–Crippen MR) is 62.3 cm³/mol. The highest BCUT2D eigenvalue weighted by Gasteiger charge is 2.50. The number of benzene rings is 1. The largest absolute Gasteiger partial charge is 0.565 e. The molecule has 3 rings (SSSR count). The van der Waals surface area contributed by atoms with Crippen molar-refractivity contribution in [3.05, 3.63) is 34.8 Å². The molecule has 1 aromatic rings. The van der Waals surface area contributed by atoms with E-state index in [1.54, 1.807) is 12.1 Å². The van der Waals surface area contributed by atoms with Crippen molar-refractivity contribution in [2.75, 3.05) is 0 Å². The topological polar surface area (TPSA) is 49.7 Å². The van der Waals surface area contributed by atoms with E-state index >= 15 is 0 Å². The molecule has 7 heteroatoms. The van der Waals surface area contributed by atoms with E-state index in [9.17, 15) is 23.3 Å². The van der Waals surface area contributed by atoms with Gasteiger partial charge in [-0.2, -0.15) is 13.2 Å². The normalized spacial score (nSPS) is 22.2. The van der Waals surface area contributed by atoms with Gasteiger partial charge >= 0.3 is 13.3 Å². The molecule has 19 heavy (non-hydrogen) atoms. The summed E-state index contributed by atoms with van der Waals surface area (Å²) in [6.07, 6.45) is -5.40. The van der Waals surface area contributed by atoms with Crippen LogP contribution in [0.5, 0.6) is 5.75 Å². The molecule has 0 saturated carbocycles. The van der Waals surface area contributed by atoms with E-state index < -0.39 is 24.9 Å². The summed E-state index contributed by atoms with van der Waals surface area (Å²) in [4.78, 5) is 0. The van der Waals surface area contributed by atoms with Crippen LogP contribution < -0.4 is 4.65 Å². The van der Waals surface area contributed by atoms with Crippen LogP contribution in [0.3, 0.4) is 0 Å². The fraction of sp³-hybridized carbons (Fsp3) is 0.333. The van der Waals surface area contributed by atoms with Gasteiger partial charge in [0.05, 0.1) is 11.6 Å². The van der Waals surface area contributed by atoms with Crippen molar-refractivity contribution in [2.24, 2.45) is 0 Å². The van der Waals surface area contributed by atoms with Gasteiger partial charge in [-0.15, -0.1) is 0 Å². The Morgan fingerprint density at radius 2 is 2.00 bits per heavy atom. The molecule has 0 radical (unpaired) electrons. The van der Waals surface area contributed by atoms with Gasteiger partial charge in [-0.1, -0.05) is 12.1 Å². The van der Waals surface area contributed by atoms with E-state index in [0.717, 1.165) is 0 Å². The number of hydrogen-bond acceptors (Lipinski definition) is 3. The van der Waals surface area contributed by atoms with Crippen LogP contribution in [-0.4, -0.2) is 29.5 Å². The first-order chi connectivity index (χ1) is 8.88. The van der Waals surface area contributed by atoms with Gasteiger partial charge < -0.3 is 14.8 Å². The molecule has 3 nitrogen and oxygen atoms in total. The van der Waals surface area contributed by atoms with Crippen LogP contribution in [0.4, 0.5) is 13.2 Å². The minimum Gasteiger partial charge on any atom is -0.532 e. The number of allylic oxidation sites excluding steroid dienone is 1. The Morgan fingerprint density at radius 1 is 1.26 bits per heavy atom. The molecular formula is C12H10BF3O3. The highest BCUT2D eigenvalue weighted by molar-refractivity contribution is 6.56. The average molecular weight is 270 g/mol. The Hall–Kier alpha value is -1.47. The van der Waals surface area contributed by atoms with Crippen molar-refractivity contribution in [1.82, 2.24) is 0 Å². The second-order valence-corrected chi connectivity index (χ2v) is 4.71. The lowest BCUT2D eigenvalue weighted by Crippen LogP contribution is -2.39. The van der Waals surface area contributed by atoms with Crippen molar-refractivity contribution >= 4 is 12.7 Å². The highest BCUT2D eigenvalue weighted by atomic mass is 19.4. The summed E-state index contributed by atoms with van der Waals surface area (Å²) in [6.45, 7) is 0. The molecule has 0 spiro atoms. The summed E-state index contributed by atoms with van der Waals surface area (Å²) in [5.74, 6) is 0.236. The third-order valence-electron chi connectivity index (χ3n) is 3.43. The number of aliphatic hydroxyl groups is 1. The molecule has 0 fully saturated rings. The van der Waals surface area contributed by atoms with Crippen LogP contribution in [0.1, 0.15) is 17.5 Å². The van der Waals surface area contributed by atoms with Crippen LogP contribution in [0, 0.1) is 0 Å². The summed E-state index contributed by atoms with van der Waals surface area (Å²) in [5, 5.41) is 19.3. The Morgan fingerprint density at radius 3 is 2.68 bits per heavy atom. The third-order valence-corrected chi connectivity index (χ3v) is 3.43. The first-order valence-electron chi connectivity index (χ1n) is 5.83. The second kappa shape index (κ2) is 4.01. The molecule has 1 aromatic carbocycles. The zero-order chi connectivity index (χ0) is 13.8. The lowest BCUT2D eigenvalue weighted by atomic mass is 9.67. The van der Waals surface area contributed by atoms with Gasteiger partial charge in [0, 0.05) is 5.56 Å². The molecule has 1 atom stereocenters. The van der Waals surface area contributed by atoms with Crippen molar-refractivity contribution in [3.8, 4) is 5.75 Å². The molecule has 100 valence electrons. The molecule has 2 aliphatic rings. The highest BCUT2D eigenvalue weighted by Crippen LogP contribution is 2.46. The van der Waals surface area contributed by atoms with Crippen LogP contribution in [-0.2, 0) is 6.42 Å². The number of hydrogen-bond donors (Lipinski definition) is 2. The maximum absolute atomic E-state index is 13.0. The standard InChI is InChI=1S/C12H10BF3O3/c14-12(15,16)11-8-5-7(17)4-6-2-1-3-9(10(6)8)19-13(11)18/h1-3,7,17-18H,4-5H2. The Kier molecular flexibility index (Phi) is 2.65. The van der Waals surface area contributed by atoms with E-state index in [2.05, 4.69) is 0 Å². The SMILES string of the molecule is OB1Oc2cccc3c2C(=C1C(F)(F)F)CC(O)C3. The van der Waals surface area contributed by atoms with Crippen LogP contribution >= 0.6 is 0 Å². The van der Waals surface area contributed by atoms with Crippen molar-refractivity contribution in [1.29, 1.82) is 0 Å². The minimum absolute atomic E-state index is 0.0596. The third kappa shape index (κ3) is 1.93. The molecule has 1 heterocycles. The van der Waals surface area contributed by atoms with Crippen LogP contribution in [0.2, 0.25) is 0 Å². The van der Waals surface area contributed by atoms with Gasteiger partial charge in [0.25, 0.3) is 0 Å². The fourth-order valence-electron chi connectivity index (χ4n) is 2.74. The maximum atomic E-state index is 13.0. The van der Waals surface area contributed by atoms with Gasteiger partial charge in [-0.25, -0.2) is 0 Å². The molecule has 2 N–H and O–H groups in total. The van der Waals surface area contributed by atoms with Crippen LogP contribution in [0.25, 0.3) is 5.57 Å². The Balaban J connectivity index is 2.29. The van der Waals surface area contributed by atoms with E-state index in [1.807, 2.05) is 0 Å². The first-order valence-corrected chi connectivity index (χ1v) is 5.83. The maximum Gasteiger partial charge on any atom is 0.565 e. The molecule has 0 bridgehead atoms. The lowest BCUT2D eigenvalue weighted by Gasteiger charge is -2.33. The van der Waals surface area contributed by atoms with E-state index in [0.29, 0.717) is 11.1 Å². The van der Waals surface area contributed by atoms with E-state index in [4.69, 9.17) is 4.65 Å². The van der Waals surface area contributed by atoms with Gasteiger partial charge in [-0.05, 0) is 30.0 Å². The lowest BCUT2D eigenvalue weighted by molar-refractivity contribution is -0.0872. The molecular weight excluding hydrogens is 260 g/mol. The van der Waals surface area contributed by atoms with Crippen LogP contribution in [0.15, 0.2) is 23.7 Å². The van der Waals surface area contributed by atoms with E-state index in [1.165, 1.54) is 6.07 Å². The minimum atomic E-state index is -4.68. The number of rotatable bonds is 0. The molecule has 0 saturated heterocycles. The zero-order valence-corrected chi connectivity index (χ0v) is 9.74. The first kappa shape index (κ1) is 12.6. The summed E-state index contributed by atoms with van der Waals surface area (Å²) in [7, 11) is -2.04. The molecule has 0 amide bonds. The van der Waals surface area contributed by atoms with Gasteiger partial charge in [0.15, 0.2) is 0 Å². The monoisotopic (exact) mass is 270 g/mol. The Bertz CT molecular complexity index is 568. The van der Waals surface area contributed by atoms with Gasteiger partial charge in [0.2, 0.25) is 0 Å². The average Bonchev–Trinajstić information content (AvgIpc) is 2.25. The summed E-state index contributed by atoms with van der Waals surface area (Å²) >= 11 is 0. The zero-order valence-electron chi connectivity index (χ0n) is 9.74. The van der Waals surface area contributed by atoms with Crippen molar-refractivity contribution in [3.63, 3.8) is 0 Å². The molecule has 0 aromatic heterocycles. The number of alkyl halides is 3. The number of halogens is 3. The van der Waals surface area contributed by atoms with Crippen molar-refractivity contribution in [2.45, 2.75) is 25.1 Å². The molecule has 1 unspecified atom stereocenters. The predicted octanol–water partition coefficient (Wildman–Crippen LogP) is 1.72. The second-order valence-electron chi connectivity index (χ2n) is 4.71. The smallest absolute Gasteiger partial charge is 0.532 e. The van der Waals surface area contributed by atoms with Gasteiger partial charge in [-0.3, -0.25) is 0 Å². The fourth-order valence-corrected chi connectivity index (χ4v) is 2.74. The van der Waals surface area contributed by atoms with Crippen molar-refractivity contribution < 1.29 is 28.0 Å². The van der Waals surface area contributed by atoms with Gasteiger partial charge in [0.1, 0.15) is 5.75 Å². The summed E-state index contributed by atoms with van der Waals surface area (Å²) in [6, 6.07) is 4.82. The quantitative estimate of drug-likeness (QED) is 0.706.